The number of non-ortho nitro benzene ring substituents is 1. The van der Waals surface area contributed by atoms with Crippen LogP contribution in [0.5, 0.6) is 0 Å². The lowest BCUT2D eigenvalue weighted by atomic mass is 10.1. The molecule has 0 fully saturated rings. The molecule has 0 aliphatic rings. The second-order valence-corrected chi connectivity index (χ2v) is 3.72. The molecule has 0 bridgehead atoms. The molecular weight excluding hydrogens is 227 g/mol. The second-order valence-electron chi connectivity index (χ2n) is 3.72. The Kier molecular flexibility index (Phi) is 4.84. The van der Waals surface area contributed by atoms with E-state index in [4.69, 9.17) is 5.11 Å². The molecule has 0 saturated carbocycles. The first-order valence-electron chi connectivity index (χ1n) is 5.39. The fourth-order valence-electron chi connectivity index (χ4n) is 1.53. The van der Waals surface area contributed by atoms with Crippen molar-refractivity contribution < 1.29 is 14.4 Å². The van der Waals surface area contributed by atoms with Gasteiger partial charge in [0.25, 0.3) is 5.69 Å². The molecule has 1 aromatic carbocycles. The average Bonchev–Trinajstić information content (AvgIpc) is 2.27. The third-order valence-electron chi connectivity index (χ3n) is 2.43. The van der Waals surface area contributed by atoms with Crippen molar-refractivity contribution in [3.8, 4) is 0 Å². The van der Waals surface area contributed by atoms with Crippen molar-refractivity contribution in [3.63, 3.8) is 0 Å². The van der Waals surface area contributed by atoms with Crippen LogP contribution in [0, 0.1) is 15.9 Å². The molecule has 0 aliphatic heterocycles. The van der Waals surface area contributed by atoms with Crippen LogP contribution < -0.4 is 5.32 Å². The van der Waals surface area contributed by atoms with Crippen molar-refractivity contribution in [2.24, 2.45) is 0 Å². The summed E-state index contributed by atoms with van der Waals surface area (Å²) in [5.74, 6) is -0.652. The molecule has 5 nitrogen and oxygen atoms in total. The van der Waals surface area contributed by atoms with Gasteiger partial charge in [-0.05, 0) is 18.9 Å². The minimum absolute atomic E-state index is 0.0168. The van der Waals surface area contributed by atoms with Crippen molar-refractivity contribution in [1.29, 1.82) is 0 Å². The maximum Gasteiger partial charge on any atom is 0.274 e. The number of nitrogens with one attached hydrogen (secondary N) is 1. The van der Waals surface area contributed by atoms with Crippen LogP contribution in [-0.2, 0) is 0 Å². The highest BCUT2D eigenvalue weighted by molar-refractivity contribution is 5.52. The Morgan fingerprint density at radius 1 is 1.53 bits per heavy atom. The largest absolute Gasteiger partial charge is 0.396 e. The van der Waals surface area contributed by atoms with E-state index < -0.39 is 10.7 Å². The zero-order valence-corrected chi connectivity index (χ0v) is 9.52. The Labute approximate surface area is 98.4 Å². The van der Waals surface area contributed by atoms with Crippen LogP contribution in [-0.4, -0.2) is 22.7 Å². The summed E-state index contributed by atoms with van der Waals surface area (Å²) in [4.78, 5) is 9.92. The lowest BCUT2D eigenvalue weighted by molar-refractivity contribution is -0.385. The summed E-state index contributed by atoms with van der Waals surface area (Å²) in [5, 5.41) is 22.3. The van der Waals surface area contributed by atoms with Crippen LogP contribution in [0.15, 0.2) is 18.2 Å². The molecule has 17 heavy (non-hydrogen) atoms. The molecule has 2 N–H and O–H groups in total. The molecule has 0 saturated heterocycles. The highest BCUT2D eigenvalue weighted by Gasteiger charge is 2.12. The van der Waals surface area contributed by atoms with Gasteiger partial charge in [-0.15, -0.1) is 0 Å². The van der Waals surface area contributed by atoms with Gasteiger partial charge in [-0.2, -0.15) is 0 Å². The third-order valence-corrected chi connectivity index (χ3v) is 2.43. The van der Waals surface area contributed by atoms with E-state index >= 15 is 0 Å². The number of anilines is 1. The van der Waals surface area contributed by atoms with E-state index in [1.54, 1.807) is 0 Å². The molecule has 1 atom stereocenters. The van der Waals surface area contributed by atoms with Gasteiger partial charge in [0.2, 0.25) is 0 Å². The Balaban J connectivity index is 2.86. The van der Waals surface area contributed by atoms with Gasteiger partial charge in [-0.1, -0.05) is 6.92 Å². The summed E-state index contributed by atoms with van der Waals surface area (Å²) in [5.41, 5.74) is 0.0725. The van der Waals surface area contributed by atoms with E-state index in [1.807, 2.05) is 6.92 Å². The number of aliphatic hydroxyl groups excluding tert-OH is 1. The van der Waals surface area contributed by atoms with Crippen LogP contribution in [0.2, 0.25) is 0 Å². The molecule has 0 spiro atoms. The number of hydrogen-bond donors (Lipinski definition) is 2. The van der Waals surface area contributed by atoms with Crippen LogP contribution in [0.3, 0.4) is 0 Å². The predicted octanol–water partition coefficient (Wildman–Crippen LogP) is 2.31. The third kappa shape index (κ3) is 3.99. The lowest BCUT2D eigenvalue weighted by Gasteiger charge is -2.16. The predicted molar refractivity (Wildman–Crippen MR) is 62.5 cm³/mol. The molecule has 0 amide bonds. The van der Waals surface area contributed by atoms with E-state index in [-0.39, 0.29) is 18.3 Å². The van der Waals surface area contributed by atoms with Gasteiger partial charge < -0.3 is 10.4 Å². The topological polar surface area (TPSA) is 75.4 Å². The molecule has 0 radical (unpaired) electrons. The SMILES string of the molecule is CCC(CCO)Nc1cc(F)cc([N+](=O)[O-])c1. The molecule has 0 heterocycles. The van der Waals surface area contributed by atoms with Crippen LogP contribution >= 0.6 is 0 Å². The summed E-state index contributed by atoms with van der Waals surface area (Å²) >= 11 is 0. The van der Waals surface area contributed by atoms with E-state index in [0.717, 1.165) is 12.5 Å². The first-order chi connectivity index (χ1) is 8.06. The smallest absolute Gasteiger partial charge is 0.274 e. The first kappa shape index (κ1) is 13.4. The van der Waals surface area contributed by atoms with Gasteiger partial charge in [-0.25, -0.2) is 4.39 Å². The maximum absolute atomic E-state index is 13.1. The molecule has 1 aromatic rings. The summed E-state index contributed by atoms with van der Waals surface area (Å²) in [6.45, 7) is 1.93. The fraction of sp³-hybridized carbons (Fsp3) is 0.455. The number of nitro benzene ring substituents is 1. The van der Waals surface area contributed by atoms with Crippen molar-refractivity contribution in [1.82, 2.24) is 0 Å². The molecule has 0 aromatic heterocycles. The normalized spacial score (nSPS) is 12.2. The molecule has 1 rings (SSSR count). The van der Waals surface area contributed by atoms with Crippen LogP contribution in [0.1, 0.15) is 19.8 Å². The molecular formula is C11H15FN2O3. The van der Waals surface area contributed by atoms with Gasteiger partial charge in [-0.3, -0.25) is 10.1 Å². The monoisotopic (exact) mass is 242 g/mol. The van der Waals surface area contributed by atoms with Gasteiger partial charge >= 0.3 is 0 Å². The Bertz CT molecular complexity index is 398. The highest BCUT2D eigenvalue weighted by Crippen LogP contribution is 2.21. The summed E-state index contributed by atoms with van der Waals surface area (Å²) in [7, 11) is 0. The Hall–Kier alpha value is -1.69. The van der Waals surface area contributed by atoms with Gasteiger partial charge in [0.1, 0.15) is 5.82 Å². The van der Waals surface area contributed by atoms with E-state index in [0.29, 0.717) is 12.1 Å². The number of nitrogens with zero attached hydrogens (tertiary/aromatic N) is 1. The standard InChI is InChI=1S/C11H15FN2O3/c1-2-9(3-4-15)13-10-5-8(12)6-11(7-10)14(16)17/h5-7,9,13,15H,2-4H2,1H3. The van der Waals surface area contributed by atoms with E-state index in [2.05, 4.69) is 5.32 Å². The van der Waals surface area contributed by atoms with Crippen molar-refractivity contribution in [2.45, 2.75) is 25.8 Å². The summed E-state index contributed by atoms with van der Waals surface area (Å²) in [6.07, 6.45) is 1.26. The highest BCUT2D eigenvalue weighted by atomic mass is 19.1. The zero-order chi connectivity index (χ0) is 12.8. The number of rotatable bonds is 6. The van der Waals surface area contributed by atoms with Gasteiger partial charge in [0.15, 0.2) is 0 Å². The average molecular weight is 242 g/mol. The number of hydrogen-bond acceptors (Lipinski definition) is 4. The van der Waals surface area contributed by atoms with Crippen LogP contribution in [0.25, 0.3) is 0 Å². The number of halogens is 1. The first-order valence-corrected chi connectivity index (χ1v) is 5.39. The van der Waals surface area contributed by atoms with Crippen molar-refractivity contribution >= 4 is 11.4 Å². The van der Waals surface area contributed by atoms with Crippen molar-refractivity contribution in [3.05, 3.63) is 34.1 Å². The molecule has 0 aliphatic carbocycles. The Morgan fingerprint density at radius 2 is 2.24 bits per heavy atom. The summed E-state index contributed by atoms with van der Waals surface area (Å²) < 4.78 is 13.1. The quantitative estimate of drug-likeness (QED) is 0.593. The van der Waals surface area contributed by atoms with Gasteiger partial charge in [0.05, 0.1) is 11.0 Å². The molecule has 1 unspecified atom stereocenters. The second kappa shape index (κ2) is 6.15. The van der Waals surface area contributed by atoms with Gasteiger partial charge in [0, 0.05) is 24.4 Å². The number of benzene rings is 1. The number of nitro groups is 1. The van der Waals surface area contributed by atoms with E-state index in [9.17, 15) is 14.5 Å². The van der Waals surface area contributed by atoms with E-state index in [1.165, 1.54) is 12.1 Å². The summed E-state index contributed by atoms with van der Waals surface area (Å²) in [6, 6.07) is 3.33. The zero-order valence-electron chi connectivity index (χ0n) is 9.52. The number of aliphatic hydroxyl groups is 1. The van der Waals surface area contributed by atoms with Crippen molar-refractivity contribution in [2.75, 3.05) is 11.9 Å². The van der Waals surface area contributed by atoms with Crippen LogP contribution in [0.4, 0.5) is 15.8 Å². The Morgan fingerprint density at radius 3 is 2.76 bits per heavy atom. The minimum Gasteiger partial charge on any atom is -0.396 e. The minimum atomic E-state index is -0.652. The molecule has 6 heteroatoms. The maximum atomic E-state index is 13.1. The fourth-order valence-corrected chi connectivity index (χ4v) is 1.53. The lowest BCUT2D eigenvalue weighted by Crippen LogP contribution is -2.19. The molecule has 94 valence electrons.